The third-order valence-electron chi connectivity index (χ3n) is 2.31. The molecule has 0 amide bonds. The van der Waals surface area contributed by atoms with Crippen LogP contribution in [0.15, 0.2) is 0 Å². The van der Waals surface area contributed by atoms with E-state index in [1.165, 1.54) is 25.7 Å². The molecule has 0 saturated carbocycles. The van der Waals surface area contributed by atoms with Crippen LogP contribution in [0.2, 0.25) is 0 Å². The zero-order valence-electron chi connectivity index (χ0n) is 8.58. The van der Waals surface area contributed by atoms with Gasteiger partial charge in [-0.2, -0.15) is 0 Å². The van der Waals surface area contributed by atoms with Crippen LogP contribution < -0.4 is 0 Å². The molecule has 2 atom stereocenters. The molecule has 0 radical (unpaired) electrons. The van der Waals surface area contributed by atoms with Crippen molar-refractivity contribution in [3.05, 3.63) is 0 Å². The van der Waals surface area contributed by atoms with E-state index >= 15 is 0 Å². The Morgan fingerprint density at radius 1 is 1.46 bits per heavy atom. The van der Waals surface area contributed by atoms with Crippen molar-refractivity contribution in [1.82, 2.24) is 5.06 Å². The van der Waals surface area contributed by atoms with Crippen LogP contribution in [-0.2, 0) is 9.63 Å². The zero-order valence-corrected chi connectivity index (χ0v) is 8.58. The van der Waals surface area contributed by atoms with Crippen molar-refractivity contribution in [3.63, 3.8) is 0 Å². The molecule has 0 bridgehead atoms. The van der Waals surface area contributed by atoms with Gasteiger partial charge in [0.05, 0.1) is 12.6 Å². The zero-order chi connectivity index (χ0) is 9.68. The predicted molar refractivity (Wildman–Crippen MR) is 51.0 cm³/mol. The lowest BCUT2D eigenvalue weighted by Gasteiger charge is -2.02. The lowest BCUT2D eigenvalue weighted by molar-refractivity contribution is -0.167. The molecule has 0 aromatic carbocycles. The molecule has 3 nitrogen and oxygen atoms in total. The van der Waals surface area contributed by atoms with E-state index < -0.39 is 0 Å². The molecular weight excluding hydrogens is 166 g/mol. The Balaban J connectivity index is 1.99. The lowest BCUT2D eigenvalue weighted by Crippen LogP contribution is -2.10. The molecule has 1 saturated heterocycles. The molecule has 3 heteroatoms. The molecule has 1 aliphatic rings. The van der Waals surface area contributed by atoms with Gasteiger partial charge < -0.3 is 4.84 Å². The fourth-order valence-corrected chi connectivity index (χ4v) is 1.33. The highest BCUT2D eigenvalue weighted by molar-refractivity contribution is 5.68. The summed E-state index contributed by atoms with van der Waals surface area (Å²) in [5.74, 6) is -0.113. The van der Waals surface area contributed by atoms with E-state index in [0.29, 0.717) is 12.5 Å². The molecule has 2 unspecified atom stereocenters. The number of carbonyl (C=O) groups is 1. The quantitative estimate of drug-likeness (QED) is 0.469. The maximum atomic E-state index is 10.9. The van der Waals surface area contributed by atoms with Crippen LogP contribution in [0.1, 0.15) is 46.0 Å². The normalized spacial score (nSPS) is 25.7. The number of hydroxylamine groups is 2. The fourth-order valence-electron chi connectivity index (χ4n) is 1.33. The van der Waals surface area contributed by atoms with Gasteiger partial charge in [0, 0.05) is 6.42 Å². The summed E-state index contributed by atoms with van der Waals surface area (Å²) in [6.45, 7) is 4.95. The highest BCUT2D eigenvalue weighted by Gasteiger charge is 2.36. The number of unbranched alkanes of at least 4 members (excludes halogenated alkanes) is 2. The first-order chi connectivity index (χ1) is 6.27. The van der Waals surface area contributed by atoms with E-state index in [9.17, 15) is 4.79 Å². The number of nitrogens with zero attached hydrogens (tertiary/aromatic N) is 1. The molecule has 1 rings (SSSR count). The van der Waals surface area contributed by atoms with Crippen molar-refractivity contribution in [1.29, 1.82) is 0 Å². The summed E-state index contributed by atoms with van der Waals surface area (Å²) in [5.41, 5.74) is 0. The molecule has 76 valence electrons. The summed E-state index contributed by atoms with van der Waals surface area (Å²) in [5, 5.41) is 1.79. The average molecular weight is 185 g/mol. The molecular formula is C10H19NO2. The van der Waals surface area contributed by atoms with E-state index in [1.54, 1.807) is 5.06 Å². The van der Waals surface area contributed by atoms with Gasteiger partial charge >= 0.3 is 5.97 Å². The topological polar surface area (TPSA) is 29.3 Å². The molecule has 1 heterocycles. The van der Waals surface area contributed by atoms with Gasteiger partial charge in [0.25, 0.3) is 0 Å². The minimum Gasteiger partial charge on any atom is -0.368 e. The van der Waals surface area contributed by atoms with Crippen molar-refractivity contribution in [3.8, 4) is 0 Å². The molecule has 0 aromatic rings. The molecule has 13 heavy (non-hydrogen) atoms. The predicted octanol–water partition coefficient (Wildman–Crippen LogP) is 2.12. The van der Waals surface area contributed by atoms with E-state index in [2.05, 4.69) is 6.92 Å². The van der Waals surface area contributed by atoms with Crippen LogP contribution in [0, 0.1) is 0 Å². The van der Waals surface area contributed by atoms with Gasteiger partial charge in [-0.15, -0.1) is 5.06 Å². The maximum absolute atomic E-state index is 10.9. The van der Waals surface area contributed by atoms with Gasteiger partial charge in [-0.3, -0.25) is 4.79 Å². The third kappa shape index (κ3) is 3.77. The number of hydrogen-bond acceptors (Lipinski definition) is 3. The first kappa shape index (κ1) is 10.5. The number of carbonyl (C=O) groups excluding carboxylic acids is 1. The summed E-state index contributed by atoms with van der Waals surface area (Å²) in [4.78, 5) is 15.9. The fraction of sp³-hybridized carbons (Fsp3) is 0.900. The molecule has 0 N–H and O–H groups in total. The smallest absolute Gasteiger partial charge is 0.324 e. The van der Waals surface area contributed by atoms with Crippen molar-refractivity contribution < 1.29 is 9.63 Å². The van der Waals surface area contributed by atoms with Crippen LogP contribution in [0.3, 0.4) is 0 Å². The summed E-state index contributed by atoms with van der Waals surface area (Å²) in [6.07, 6.45) is 5.43. The Hall–Kier alpha value is -0.570. The summed E-state index contributed by atoms with van der Waals surface area (Å²) in [6, 6.07) is 0.516. The summed E-state index contributed by atoms with van der Waals surface area (Å²) >= 11 is 0. The lowest BCUT2D eigenvalue weighted by atomic mass is 10.2. The Kier molecular flexibility index (Phi) is 4.22. The van der Waals surface area contributed by atoms with E-state index in [0.717, 1.165) is 6.54 Å². The van der Waals surface area contributed by atoms with E-state index in [-0.39, 0.29) is 5.97 Å². The Bertz CT molecular complexity index is 170. The van der Waals surface area contributed by atoms with Gasteiger partial charge in [0.15, 0.2) is 0 Å². The monoisotopic (exact) mass is 185 g/mol. The van der Waals surface area contributed by atoms with Crippen LogP contribution >= 0.6 is 0 Å². The summed E-state index contributed by atoms with van der Waals surface area (Å²) < 4.78 is 0. The van der Waals surface area contributed by atoms with E-state index in [1.807, 2.05) is 6.92 Å². The summed E-state index contributed by atoms with van der Waals surface area (Å²) in [7, 11) is 0. The molecule has 1 fully saturated rings. The van der Waals surface area contributed by atoms with Crippen molar-refractivity contribution in [2.24, 2.45) is 0 Å². The molecule has 0 spiro atoms. The second-order valence-electron chi connectivity index (χ2n) is 3.57. The van der Waals surface area contributed by atoms with Crippen molar-refractivity contribution in [2.45, 2.75) is 52.0 Å². The van der Waals surface area contributed by atoms with Crippen molar-refractivity contribution in [2.75, 3.05) is 6.54 Å². The third-order valence-corrected chi connectivity index (χ3v) is 2.31. The molecule has 1 aliphatic heterocycles. The SMILES string of the molecule is CCCCCC1CN1OC(=O)CC. The Labute approximate surface area is 80.0 Å². The minimum absolute atomic E-state index is 0.113. The highest BCUT2D eigenvalue weighted by Crippen LogP contribution is 2.23. The first-order valence-corrected chi connectivity index (χ1v) is 5.25. The van der Waals surface area contributed by atoms with Crippen LogP contribution in [0.5, 0.6) is 0 Å². The van der Waals surface area contributed by atoms with E-state index in [4.69, 9.17) is 4.84 Å². The average Bonchev–Trinajstić information content (AvgIpc) is 2.84. The largest absolute Gasteiger partial charge is 0.368 e. The van der Waals surface area contributed by atoms with Gasteiger partial charge in [0.1, 0.15) is 0 Å². The molecule has 0 aliphatic carbocycles. The van der Waals surface area contributed by atoms with Gasteiger partial charge in [0.2, 0.25) is 0 Å². The van der Waals surface area contributed by atoms with Crippen LogP contribution in [0.25, 0.3) is 0 Å². The van der Waals surface area contributed by atoms with Gasteiger partial charge in [-0.25, -0.2) is 0 Å². The Morgan fingerprint density at radius 2 is 2.23 bits per heavy atom. The van der Waals surface area contributed by atoms with Crippen molar-refractivity contribution >= 4 is 5.97 Å². The van der Waals surface area contributed by atoms with Crippen LogP contribution in [0.4, 0.5) is 0 Å². The van der Waals surface area contributed by atoms with Gasteiger partial charge in [-0.05, 0) is 6.42 Å². The molecule has 0 aromatic heterocycles. The minimum atomic E-state index is -0.113. The maximum Gasteiger partial charge on any atom is 0.324 e. The second kappa shape index (κ2) is 5.22. The van der Waals surface area contributed by atoms with Crippen LogP contribution in [-0.4, -0.2) is 23.6 Å². The number of rotatable bonds is 6. The first-order valence-electron chi connectivity index (χ1n) is 5.25. The Morgan fingerprint density at radius 3 is 2.85 bits per heavy atom. The highest BCUT2D eigenvalue weighted by atomic mass is 16.7. The number of hydrogen-bond donors (Lipinski definition) is 0. The standard InChI is InChI=1S/C10H19NO2/c1-3-5-6-7-9-8-11(9)13-10(12)4-2/h9H,3-8H2,1-2H3. The second-order valence-corrected chi connectivity index (χ2v) is 3.57. The van der Waals surface area contributed by atoms with Gasteiger partial charge in [-0.1, -0.05) is 33.1 Å².